The number of nitrogens with one attached hydrogen (secondary N) is 1. The van der Waals surface area contributed by atoms with Crippen molar-refractivity contribution in [1.29, 1.82) is 0 Å². The Labute approximate surface area is 133 Å². The third-order valence-corrected chi connectivity index (χ3v) is 4.46. The maximum Gasteiger partial charge on any atom is 0.321 e. The van der Waals surface area contributed by atoms with Gasteiger partial charge in [0.1, 0.15) is 5.82 Å². The van der Waals surface area contributed by atoms with Crippen LogP contribution < -0.4 is 10.2 Å². The fraction of sp³-hybridized carbons (Fsp3) is 0.400. The highest BCUT2D eigenvalue weighted by Gasteiger charge is 2.20. The number of para-hydroxylation sites is 1. The summed E-state index contributed by atoms with van der Waals surface area (Å²) in [6, 6.07) is 9.51. The predicted octanol–water partition coefficient (Wildman–Crippen LogP) is 2.59. The van der Waals surface area contributed by atoms with Gasteiger partial charge in [0.25, 0.3) is 0 Å². The second-order valence-corrected chi connectivity index (χ2v) is 5.98. The number of rotatable bonds is 2. The molecule has 0 bridgehead atoms. The van der Waals surface area contributed by atoms with Gasteiger partial charge in [-0.15, -0.1) is 0 Å². The Morgan fingerprint density at radius 3 is 2.73 bits per heavy atom. The molecule has 3 rings (SSSR count). The van der Waals surface area contributed by atoms with Crippen molar-refractivity contribution in [2.24, 2.45) is 0 Å². The Kier molecular flexibility index (Phi) is 4.53. The lowest BCUT2D eigenvalue weighted by Gasteiger charge is -2.21. The zero-order chi connectivity index (χ0) is 15.4. The van der Waals surface area contributed by atoms with Crippen LogP contribution in [0.3, 0.4) is 0 Å². The lowest BCUT2D eigenvalue weighted by atomic mass is 10.3. The number of anilines is 2. The average molecular weight is 317 g/mol. The molecule has 1 aliphatic heterocycles. The first kappa shape index (κ1) is 14.8. The lowest BCUT2D eigenvalue weighted by molar-refractivity contribution is 0.215. The van der Waals surface area contributed by atoms with E-state index in [4.69, 9.17) is 0 Å². The van der Waals surface area contributed by atoms with Crippen molar-refractivity contribution in [2.45, 2.75) is 13.3 Å². The SMILES string of the molecule is Cc1nsc(N2CCCN(C(=O)Nc3ccccc3)CC2)n1. The van der Waals surface area contributed by atoms with Gasteiger partial charge in [-0.1, -0.05) is 18.2 Å². The van der Waals surface area contributed by atoms with Crippen LogP contribution in [0.25, 0.3) is 0 Å². The minimum atomic E-state index is -0.0403. The number of nitrogens with zero attached hydrogens (tertiary/aromatic N) is 4. The Morgan fingerprint density at radius 1 is 1.18 bits per heavy atom. The molecule has 22 heavy (non-hydrogen) atoms. The van der Waals surface area contributed by atoms with Crippen LogP contribution in [-0.2, 0) is 0 Å². The molecule has 2 amide bonds. The topological polar surface area (TPSA) is 61.4 Å². The van der Waals surface area contributed by atoms with E-state index in [2.05, 4.69) is 19.6 Å². The molecule has 7 heteroatoms. The van der Waals surface area contributed by atoms with Gasteiger partial charge >= 0.3 is 6.03 Å². The molecule has 116 valence electrons. The van der Waals surface area contributed by atoms with Crippen LogP contribution >= 0.6 is 11.5 Å². The zero-order valence-corrected chi connectivity index (χ0v) is 13.3. The highest BCUT2D eigenvalue weighted by molar-refractivity contribution is 7.09. The lowest BCUT2D eigenvalue weighted by Crippen LogP contribution is -2.38. The Balaban J connectivity index is 1.59. The maximum atomic E-state index is 12.3. The summed E-state index contributed by atoms with van der Waals surface area (Å²) < 4.78 is 4.23. The molecular formula is C15H19N5OS. The number of carbonyl (C=O) groups is 1. The molecule has 1 saturated heterocycles. The van der Waals surface area contributed by atoms with Crippen LogP contribution in [-0.4, -0.2) is 46.5 Å². The van der Waals surface area contributed by atoms with Crippen LogP contribution in [0.1, 0.15) is 12.2 Å². The number of urea groups is 1. The molecule has 0 unspecified atom stereocenters. The summed E-state index contributed by atoms with van der Waals surface area (Å²) in [5.41, 5.74) is 0.827. The van der Waals surface area contributed by atoms with Gasteiger partial charge in [0.15, 0.2) is 0 Å². The summed E-state index contributed by atoms with van der Waals surface area (Å²) in [6.07, 6.45) is 0.931. The summed E-state index contributed by atoms with van der Waals surface area (Å²) in [5.74, 6) is 0.808. The summed E-state index contributed by atoms with van der Waals surface area (Å²) in [4.78, 5) is 20.8. The molecule has 0 atom stereocenters. The fourth-order valence-electron chi connectivity index (χ4n) is 2.45. The van der Waals surface area contributed by atoms with Gasteiger partial charge in [0.05, 0.1) is 0 Å². The number of aryl methyl sites for hydroxylation is 1. The predicted molar refractivity (Wildman–Crippen MR) is 88.5 cm³/mol. The Bertz CT molecular complexity index is 630. The van der Waals surface area contributed by atoms with E-state index in [-0.39, 0.29) is 6.03 Å². The molecule has 1 aromatic heterocycles. The van der Waals surface area contributed by atoms with E-state index in [9.17, 15) is 4.79 Å². The van der Waals surface area contributed by atoms with Crippen LogP contribution in [0.15, 0.2) is 30.3 Å². The fourth-order valence-corrected chi connectivity index (χ4v) is 3.18. The normalized spacial score (nSPS) is 15.5. The van der Waals surface area contributed by atoms with Crippen molar-refractivity contribution in [1.82, 2.24) is 14.3 Å². The van der Waals surface area contributed by atoms with Crippen molar-refractivity contribution in [3.8, 4) is 0 Å². The van der Waals surface area contributed by atoms with Crippen molar-refractivity contribution < 1.29 is 4.79 Å². The number of aromatic nitrogens is 2. The molecule has 0 aliphatic carbocycles. The number of hydrogen-bond acceptors (Lipinski definition) is 5. The van der Waals surface area contributed by atoms with Crippen molar-refractivity contribution in [3.05, 3.63) is 36.2 Å². The first-order valence-corrected chi connectivity index (χ1v) is 8.16. The quantitative estimate of drug-likeness (QED) is 0.925. The van der Waals surface area contributed by atoms with Crippen LogP contribution in [0.2, 0.25) is 0 Å². The van der Waals surface area contributed by atoms with Gasteiger partial charge in [-0.3, -0.25) is 0 Å². The minimum absolute atomic E-state index is 0.0403. The second-order valence-electron chi connectivity index (χ2n) is 5.25. The van der Waals surface area contributed by atoms with E-state index in [1.807, 2.05) is 42.2 Å². The smallest absolute Gasteiger partial charge is 0.321 e. The Morgan fingerprint density at radius 2 is 2.00 bits per heavy atom. The van der Waals surface area contributed by atoms with Crippen LogP contribution in [0, 0.1) is 6.92 Å². The first-order chi connectivity index (χ1) is 10.7. The molecule has 1 fully saturated rings. The highest BCUT2D eigenvalue weighted by Crippen LogP contribution is 2.19. The number of carbonyl (C=O) groups excluding carboxylic acids is 1. The van der Waals surface area contributed by atoms with E-state index in [0.717, 1.165) is 42.7 Å². The molecule has 0 saturated carbocycles. The molecule has 1 N–H and O–H groups in total. The zero-order valence-electron chi connectivity index (χ0n) is 12.5. The van der Waals surface area contributed by atoms with Gasteiger partial charge < -0.3 is 15.1 Å². The third kappa shape index (κ3) is 3.54. The average Bonchev–Trinajstić information content (AvgIpc) is 2.82. The largest absolute Gasteiger partial charge is 0.345 e. The van der Waals surface area contributed by atoms with E-state index in [1.165, 1.54) is 11.5 Å². The molecule has 6 nitrogen and oxygen atoms in total. The highest BCUT2D eigenvalue weighted by atomic mass is 32.1. The number of hydrogen-bond donors (Lipinski definition) is 1. The monoisotopic (exact) mass is 317 g/mol. The summed E-state index contributed by atoms with van der Waals surface area (Å²) >= 11 is 1.42. The number of benzene rings is 1. The maximum absolute atomic E-state index is 12.3. The molecular weight excluding hydrogens is 298 g/mol. The van der Waals surface area contributed by atoms with E-state index in [0.29, 0.717) is 6.54 Å². The van der Waals surface area contributed by atoms with Gasteiger partial charge in [0, 0.05) is 43.4 Å². The summed E-state index contributed by atoms with van der Waals surface area (Å²) in [7, 11) is 0. The van der Waals surface area contributed by atoms with Gasteiger partial charge in [-0.2, -0.15) is 4.37 Å². The van der Waals surface area contributed by atoms with Gasteiger partial charge in [-0.25, -0.2) is 9.78 Å². The standard InChI is InChI=1S/C15H19N5OS/c1-12-16-15(22-18-12)20-9-5-8-19(10-11-20)14(21)17-13-6-3-2-4-7-13/h2-4,6-7H,5,8-11H2,1H3,(H,17,21). The molecule has 0 spiro atoms. The van der Waals surface area contributed by atoms with Crippen LogP contribution in [0.4, 0.5) is 15.6 Å². The number of amides is 2. The second kappa shape index (κ2) is 6.74. The van der Waals surface area contributed by atoms with E-state index in [1.54, 1.807) is 0 Å². The van der Waals surface area contributed by atoms with E-state index >= 15 is 0 Å². The molecule has 1 aromatic carbocycles. The van der Waals surface area contributed by atoms with Crippen molar-refractivity contribution >= 4 is 28.4 Å². The Hall–Kier alpha value is -2.15. The molecule has 0 radical (unpaired) electrons. The summed E-state index contributed by atoms with van der Waals surface area (Å²) in [6.45, 7) is 5.04. The summed E-state index contributed by atoms with van der Waals surface area (Å²) in [5, 5.41) is 3.89. The van der Waals surface area contributed by atoms with Crippen molar-refractivity contribution in [2.75, 3.05) is 36.4 Å². The third-order valence-electron chi connectivity index (χ3n) is 3.60. The van der Waals surface area contributed by atoms with E-state index < -0.39 is 0 Å². The molecule has 1 aliphatic rings. The first-order valence-electron chi connectivity index (χ1n) is 7.38. The van der Waals surface area contributed by atoms with Gasteiger partial charge in [-0.05, 0) is 25.5 Å². The van der Waals surface area contributed by atoms with Crippen LogP contribution in [0.5, 0.6) is 0 Å². The van der Waals surface area contributed by atoms with Crippen molar-refractivity contribution in [3.63, 3.8) is 0 Å². The molecule has 2 aromatic rings. The molecule has 2 heterocycles. The minimum Gasteiger partial charge on any atom is -0.345 e. The van der Waals surface area contributed by atoms with Gasteiger partial charge in [0.2, 0.25) is 5.13 Å².